The molecule has 0 aromatic heterocycles. The lowest BCUT2D eigenvalue weighted by Gasteiger charge is -2.25. The van der Waals surface area contributed by atoms with E-state index in [0.29, 0.717) is 23.7 Å². The van der Waals surface area contributed by atoms with Crippen molar-refractivity contribution in [1.29, 1.82) is 0 Å². The zero-order chi connectivity index (χ0) is 19.3. The topological polar surface area (TPSA) is 78.8 Å². The van der Waals surface area contributed by atoms with E-state index in [1.807, 2.05) is 6.07 Å². The smallest absolute Gasteiger partial charge is 0.267 e. The fourth-order valence-electron chi connectivity index (χ4n) is 2.86. The predicted molar refractivity (Wildman–Crippen MR) is 106 cm³/mol. The van der Waals surface area contributed by atoms with Crippen LogP contribution in [0.4, 0.5) is 0 Å². The Bertz CT molecular complexity index is 954. The van der Waals surface area contributed by atoms with Crippen LogP contribution in [0.25, 0.3) is 0 Å². The highest BCUT2D eigenvalue weighted by Crippen LogP contribution is 2.21. The van der Waals surface area contributed by atoms with Crippen LogP contribution in [-0.4, -0.2) is 37.9 Å². The molecule has 1 saturated heterocycles. The molecule has 1 aliphatic rings. The molecule has 0 spiro atoms. The molecular weight excluding hydrogens is 386 g/mol. The number of nitrogens with zero attached hydrogens (tertiary/aromatic N) is 2. The number of amides is 1. The van der Waals surface area contributed by atoms with Gasteiger partial charge in [-0.2, -0.15) is 9.41 Å². The fourth-order valence-corrected chi connectivity index (χ4v) is 4.60. The van der Waals surface area contributed by atoms with Crippen LogP contribution in [0.5, 0.6) is 0 Å². The lowest BCUT2D eigenvalue weighted by Crippen LogP contribution is -2.35. The molecule has 3 rings (SSSR count). The van der Waals surface area contributed by atoms with Gasteiger partial charge in [0.1, 0.15) is 0 Å². The van der Waals surface area contributed by atoms with E-state index in [2.05, 4.69) is 10.5 Å². The highest BCUT2D eigenvalue weighted by Gasteiger charge is 2.26. The fraction of sp³-hybridized carbons (Fsp3) is 0.263. The van der Waals surface area contributed by atoms with Gasteiger partial charge >= 0.3 is 0 Å². The van der Waals surface area contributed by atoms with Gasteiger partial charge in [0.15, 0.2) is 0 Å². The summed E-state index contributed by atoms with van der Waals surface area (Å²) in [6.07, 6.45) is 4.19. The van der Waals surface area contributed by atoms with E-state index in [4.69, 9.17) is 11.6 Å². The number of benzene rings is 2. The Morgan fingerprint density at radius 3 is 2.56 bits per heavy atom. The molecule has 1 aliphatic heterocycles. The second-order valence-corrected chi connectivity index (χ2v) is 8.56. The molecule has 1 heterocycles. The lowest BCUT2D eigenvalue weighted by atomic mass is 10.2. The van der Waals surface area contributed by atoms with Crippen molar-refractivity contribution in [1.82, 2.24) is 9.73 Å². The molecule has 2 aromatic carbocycles. The van der Waals surface area contributed by atoms with Gasteiger partial charge in [0.25, 0.3) is 5.91 Å². The first-order valence-corrected chi connectivity index (χ1v) is 10.5. The van der Waals surface area contributed by atoms with Crippen molar-refractivity contribution in [2.45, 2.75) is 24.2 Å². The maximum absolute atomic E-state index is 12.7. The van der Waals surface area contributed by atoms with Gasteiger partial charge in [-0.05, 0) is 37.1 Å². The Morgan fingerprint density at radius 1 is 1.07 bits per heavy atom. The quantitative estimate of drug-likeness (QED) is 0.612. The molecule has 2 aromatic rings. The number of hydrogen-bond donors (Lipinski definition) is 1. The third-order valence-corrected chi connectivity index (χ3v) is 6.56. The zero-order valence-electron chi connectivity index (χ0n) is 14.6. The van der Waals surface area contributed by atoms with Crippen molar-refractivity contribution in [2.75, 3.05) is 13.1 Å². The van der Waals surface area contributed by atoms with Crippen molar-refractivity contribution in [3.8, 4) is 0 Å². The summed E-state index contributed by atoms with van der Waals surface area (Å²) in [5.74, 6) is -0.492. The van der Waals surface area contributed by atoms with E-state index in [-0.39, 0.29) is 10.5 Å². The van der Waals surface area contributed by atoms with Crippen molar-refractivity contribution in [2.24, 2.45) is 5.10 Å². The summed E-state index contributed by atoms with van der Waals surface area (Å²) in [5.41, 5.74) is 3.29. The van der Waals surface area contributed by atoms with Crippen LogP contribution < -0.4 is 5.43 Å². The highest BCUT2D eigenvalue weighted by molar-refractivity contribution is 7.89. The summed E-state index contributed by atoms with van der Waals surface area (Å²) < 4.78 is 27.0. The highest BCUT2D eigenvalue weighted by atomic mass is 35.5. The molecule has 1 fully saturated rings. The van der Waals surface area contributed by atoms with Crippen LogP contribution in [0.2, 0.25) is 5.02 Å². The van der Waals surface area contributed by atoms with E-state index < -0.39 is 15.9 Å². The molecule has 0 unspecified atom stereocenters. The Kier molecular flexibility index (Phi) is 6.26. The van der Waals surface area contributed by atoms with E-state index in [1.165, 1.54) is 22.7 Å². The molecular formula is C19H20ClN3O3S. The second kappa shape index (κ2) is 8.65. The molecule has 0 atom stereocenters. The average molecular weight is 406 g/mol. The van der Waals surface area contributed by atoms with Gasteiger partial charge in [-0.25, -0.2) is 13.8 Å². The molecule has 0 bridgehead atoms. The predicted octanol–water partition coefficient (Wildman–Crippen LogP) is 3.28. The van der Waals surface area contributed by atoms with Crippen LogP contribution in [0, 0.1) is 0 Å². The van der Waals surface area contributed by atoms with Crippen LogP contribution >= 0.6 is 11.6 Å². The maximum Gasteiger partial charge on any atom is 0.271 e. The average Bonchev–Trinajstić information content (AvgIpc) is 2.70. The number of halogens is 1. The standard InChI is InChI=1S/C19H20ClN3O3S/c20-18-10-3-2-7-16(18)14-21-22-19(24)15-8-6-9-17(13-15)27(25,26)23-11-4-1-5-12-23/h2-3,6-10,13-14H,1,4-5,11-12H2,(H,22,24)/b21-14-. The number of carbonyl (C=O) groups excluding carboxylic acids is 1. The summed E-state index contributed by atoms with van der Waals surface area (Å²) >= 11 is 6.03. The molecule has 1 amide bonds. The van der Waals surface area contributed by atoms with Gasteiger partial charge in [-0.15, -0.1) is 0 Å². The van der Waals surface area contributed by atoms with Gasteiger partial charge < -0.3 is 0 Å². The number of hydrogen-bond acceptors (Lipinski definition) is 4. The number of sulfonamides is 1. The number of carbonyl (C=O) groups is 1. The SMILES string of the molecule is O=C(N/N=C\c1ccccc1Cl)c1cccc(S(=O)(=O)N2CCCCC2)c1. The minimum Gasteiger partial charge on any atom is -0.267 e. The van der Waals surface area contributed by atoms with Crippen molar-refractivity contribution >= 4 is 33.7 Å². The molecule has 1 N–H and O–H groups in total. The first kappa shape index (κ1) is 19.5. The minimum atomic E-state index is -3.59. The molecule has 0 radical (unpaired) electrons. The summed E-state index contributed by atoms with van der Waals surface area (Å²) in [5, 5.41) is 4.41. The van der Waals surface area contributed by atoms with Crippen LogP contribution in [-0.2, 0) is 10.0 Å². The van der Waals surface area contributed by atoms with Gasteiger partial charge in [0.2, 0.25) is 10.0 Å². The van der Waals surface area contributed by atoms with Crippen LogP contribution in [0.15, 0.2) is 58.5 Å². The molecule has 6 nitrogen and oxygen atoms in total. The number of nitrogens with one attached hydrogen (secondary N) is 1. The number of rotatable bonds is 5. The summed E-state index contributed by atoms with van der Waals surface area (Å²) in [6.45, 7) is 1.03. The Balaban J connectivity index is 1.73. The molecule has 0 aliphatic carbocycles. The summed E-state index contributed by atoms with van der Waals surface area (Å²) in [7, 11) is -3.59. The monoisotopic (exact) mass is 405 g/mol. The van der Waals surface area contributed by atoms with E-state index >= 15 is 0 Å². The van der Waals surface area contributed by atoms with Crippen LogP contribution in [0.1, 0.15) is 35.2 Å². The van der Waals surface area contributed by atoms with Gasteiger partial charge in [-0.3, -0.25) is 4.79 Å². The van der Waals surface area contributed by atoms with E-state index in [0.717, 1.165) is 19.3 Å². The lowest BCUT2D eigenvalue weighted by molar-refractivity contribution is 0.0955. The van der Waals surface area contributed by atoms with Crippen LogP contribution in [0.3, 0.4) is 0 Å². The van der Waals surface area contributed by atoms with E-state index in [9.17, 15) is 13.2 Å². The second-order valence-electron chi connectivity index (χ2n) is 6.21. The molecule has 27 heavy (non-hydrogen) atoms. The molecule has 0 saturated carbocycles. The third kappa shape index (κ3) is 4.74. The minimum absolute atomic E-state index is 0.118. The Labute approximate surface area is 163 Å². The van der Waals surface area contributed by atoms with Crippen molar-refractivity contribution < 1.29 is 13.2 Å². The Morgan fingerprint density at radius 2 is 1.81 bits per heavy atom. The summed E-state index contributed by atoms with van der Waals surface area (Å²) in [6, 6.07) is 13.1. The first-order valence-electron chi connectivity index (χ1n) is 8.66. The number of hydrazone groups is 1. The number of piperidine rings is 1. The van der Waals surface area contributed by atoms with Crippen molar-refractivity contribution in [3.63, 3.8) is 0 Å². The molecule has 142 valence electrons. The van der Waals surface area contributed by atoms with Gasteiger partial charge in [0, 0.05) is 29.2 Å². The maximum atomic E-state index is 12.7. The summed E-state index contributed by atoms with van der Waals surface area (Å²) in [4.78, 5) is 12.4. The van der Waals surface area contributed by atoms with E-state index in [1.54, 1.807) is 30.3 Å². The zero-order valence-corrected chi connectivity index (χ0v) is 16.2. The normalized spacial score (nSPS) is 15.7. The third-order valence-electron chi connectivity index (χ3n) is 4.32. The first-order chi connectivity index (χ1) is 13.0. The largest absolute Gasteiger partial charge is 0.271 e. The van der Waals surface area contributed by atoms with Gasteiger partial charge in [-0.1, -0.05) is 42.3 Å². The molecule has 8 heteroatoms. The Hall–Kier alpha value is -2.22. The van der Waals surface area contributed by atoms with Crippen molar-refractivity contribution in [3.05, 3.63) is 64.7 Å². The van der Waals surface area contributed by atoms with Gasteiger partial charge in [0.05, 0.1) is 11.1 Å².